The highest BCUT2D eigenvalue weighted by Gasteiger charge is 2.46. The molecule has 3 heterocycles. The zero-order chi connectivity index (χ0) is 17.7. The van der Waals surface area contributed by atoms with Crippen LogP contribution in [0.5, 0.6) is 0 Å². The van der Waals surface area contributed by atoms with Crippen molar-refractivity contribution in [3.05, 3.63) is 23.9 Å². The largest absolute Gasteiger partial charge is 0.416 e. The van der Waals surface area contributed by atoms with Crippen molar-refractivity contribution in [1.82, 2.24) is 9.88 Å². The van der Waals surface area contributed by atoms with Crippen molar-refractivity contribution >= 4 is 11.7 Å². The number of rotatable bonds is 2. The van der Waals surface area contributed by atoms with Crippen LogP contribution in [0.2, 0.25) is 0 Å². The van der Waals surface area contributed by atoms with Crippen molar-refractivity contribution in [1.29, 1.82) is 0 Å². The summed E-state index contributed by atoms with van der Waals surface area (Å²) in [7, 11) is 0. The van der Waals surface area contributed by atoms with E-state index in [9.17, 15) is 18.0 Å². The highest BCUT2D eigenvalue weighted by Crippen LogP contribution is 2.43. The van der Waals surface area contributed by atoms with Crippen LogP contribution in [0.4, 0.5) is 19.0 Å². The lowest BCUT2D eigenvalue weighted by molar-refractivity contribution is -0.139. The minimum Gasteiger partial charge on any atom is -0.356 e. The lowest BCUT2D eigenvalue weighted by atomic mass is 9.73. The Kier molecular flexibility index (Phi) is 3.92. The topological polar surface area (TPSA) is 36.4 Å². The molecule has 1 amide bonds. The maximum atomic E-state index is 13.0. The molecule has 1 spiro atoms. The average Bonchev–Trinajstić information content (AvgIpc) is 3.42. The molecule has 0 bridgehead atoms. The molecule has 3 fully saturated rings. The Bertz CT molecular complexity index is 674. The Morgan fingerprint density at radius 3 is 2.72 bits per heavy atom. The number of alkyl halides is 3. The lowest BCUT2D eigenvalue weighted by Gasteiger charge is -2.48. The molecule has 4 rings (SSSR count). The summed E-state index contributed by atoms with van der Waals surface area (Å²) >= 11 is 0. The number of aromatic nitrogens is 1. The molecule has 1 atom stereocenters. The summed E-state index contributed by atoms with van der Waals surface area (Å²) in [6, 6.07) is 2.55. The normalized spacial score (nSPS) is 27.9. The number of amides is 1. The smallest absolute Gasteiger partial charge is 0.356 e. The summed E-state index contributed by atoms with van der Waals surface area (Å²) in [5.41, 5.74) is -0.666. The first-order valence-corrected chi connectivity index (χ1v) is 8.94. The first-order valence-electron chi connectivity index (χ1n) is 8.94. The third kappa shape index (κ3) is 3.33. The fourth-order valence-corrected chi connectivity index (χ4v) is 4.27. The first kappa shape index (κ1) is 16.7. The molecule has 2 aliphatic heterocycles. The second kappa shape index (κ2) is 5.88. The summed E-state index contributed by atoms with van der Waals surface area (Å²) in [6.45, 7) is 2.14. The number of halogens is 3. The third-order valence-electron chi connectivity index (χ3n) is 5.74. The summed E-state index contributed by atoms with van der Waals surface area (Å²) in [6.07, 6.45) is 2.38. The van der Waals surface area contributed by atoms with E-state index >= 15 is 0 Å². The van der Waals surface area contributed by atoms with Crippen molar-refractivity contribution in [2.45, 2.75) is 50.7 Å². The number of nitrogens with zero attached hydrogens (tertiary/aromatic N) is 3. The molecule has 0 aromatic carbocycles. The van der Waals surface area contributed by atoms with Crippen molar-refractivity contribution in [3.8, 4) is 0 Å². The Hall–Kier alpha value is -1.79. The molecule has 1 aromatic rings. The van der Waals surface area contributed by atoms with Crippen molar-refractivity contribution < 1.29 is 18.0 Å². The van der Waals surface area contributed by atoms with E-state index in [1.54, 1.807) is 0 Å². The molecule has 0 N–H and O–H groups in total. The number of anilines is 1. The SMILES string of the molecule is O=C1CC[C@]2(CCCN(c3cc(C(F)(F)F)ccn3)C2)CN1C1CC1. The summed E-state index contributed by atoms with van der Waals surface area (Å²) in [5.74, 6) is 0.631. The van der Waals surface area contributed by atoms with Crippen molar-refractivity contribution in [3.63, 3.8) is 0 Å². The molecule has 3 aliphatic rings. The van der Waals surface area contributed by atoms with Gasteiger partial charge in [-0.3, -0.25) is 4.79 Å². The van der Waals surface area contributed by atoms with Gasteiger partial charge in [0.15, 0.2) is 0 Å². The van der Waals surface area contributed by atoms with Gasteiger partial charge in [0, 0.05) is 43.7 Å². The fraction of sp³-hybridized carbons (Fsp3) is 0.667. The Labute approximate surface area is 145 Å². The summed E-state index contributed by atoms with van der Waals surface area (Å²) in [5, 5.41) is 0. The van der Waals surface area contributed by atoms with Gasteiger partial charge in [-0.1, -0.05) is 0 Å². The van der Waals surface area contributed by atoms with Crippen LogP contribution in [0.15, 0.2) is 18.3 Å². The molecule has 1 aromatic heterocycles. The van der Waals surface area contributed by atoms with Gasteiger partial charge >= 0.3 is 6.18 Å². The molecule has 0 radical (unpaired) electrons. The Morgan fingerprint density at radius 1 is 1.20 bits per heavy atom. The van der Waals surface area contributed by atoms with Crippen molar-refractivity contribution in [2.75, 3.05) is 24.5 Å². The highest BCUT2D eigenvalue weighted by molar-refractivity contribution is 5.78. The molecule has 0 unspecified atom stereocenters. The molecular weight excluding hydrogens is 331 g/mol. The first-order chi connectivity index (χ1) is 11.9. The lowest BCUT2D eigenvalue weighted by Crippen LogP contribution is -2.54. The highest BCUT2D eigenvalue weighted by atomic mass is 19.4. The number of likely N-dealkylation sites (tertiary alicyclic amines) is 1. The number of pyridine rings is 1. The second-order valence-corrected chi connectivity index (χ2v) is 7.68. The van der Waals surface area contributed by atoms with Gasteiger partial charge in [0.1, 0.15) is 5.82 Å². The third-order valence-corrected chi connectivity index (χ3v) is 5.74. The summed E-state index contributed by atoms with van der Waals surface area (Å²) < 4.78 is 38.9. The Balaban J connectivity index is 1.54. The predicted octanol–water partition coefficient (Wildman–Crippen LogP) is 3.47. The summed E-state index contributed by atoms with van der Waals surface area (Å²) in [4.78, 5) is 20.4. The van der Waals surface area contributed by atoms with Crippen LogP contribution >= 0.6 is 0 Å². The van der Waals surface area contributed by atoms with Crippen LogP contribution < -0.4 is 4.90 Å². The quantitative estimate of drug-likeness (QED) is 0.817. The maximum absolute atomic E-state index is 13.0. The van der Waals surface area contributed by atoms with E-state index in [0.717, 1.165) is 50.8 Å². The number of carbonyl (C=O) groups excluding carboxylic acids is 1. The van der Waals surface area contributed by atoms with E-state index in [1.165, 1.54) is 6.20 Å². The van der Waals surface area contributed by atoms with Gasteiger partial charge in [-0.25, -0.2) is 4.98 Å². The monoisotopic (exact) mass is 353 g/mol. The fourth-order valence-electron chi connectivity index (χ4n) is 4.27. The standard InChI is InChI=1S/C18H22F3N3O/c19-18(20,21)13-5-8-22-15(10-13)23-9-1-6-17(11-23)7-4-16(25)24(12-17)14-2-3-14/h5,8,10,14H,1-4,6-7,9,11-12H2/t17-/m0/s1. The average molecular weight is 353 g/mol. The molecule has 2 saturated heterocycles. The number of piperidine rings is 2. The van der Waals surface area contributed by atoms with E-state index in [-0.39, 0.29) is 11.3 Å². The van der Waals surface area contributed by atoms with Crippen LogP contribution in [0.25, 0.3) is 0 Å². The minimum atomic E-state index is -4.36. The molecule has 136 valence electrons. The molecule has 1 aliphatic carbocycles. The number of carbonyl (C=O) groups is 1. The molecule has 25 heavy (non-hydrogen) atoms. The number of hydrogen-bond donors (Lipinski definition) is 0. The van der Waals surface area contributed by atoms with Crippen LogP contribution in [0.1, 0.15) is 44.1 Å². The zero-order valence-electron chi connectivity index (χ0n) is 14.1. The van der Waals surface area contributed by atoms with E-state index in [4.69, 9.17) is 0 Å². The minimum absolute atomic E-state index is 0.00926. The van der Waals surface area contributed by atoms with Gasteiger partial charge in [0.25, 0.3) is 0 Å². The van der Waals surface area contributed by atoms with Crippen LogP contribution in [0.3, 0.4) is 0 Å². The van der Waals surface area contributed by atoms with Gasteiger partial charge in [-0.05, 0) is 44.2 Å². The molecule has 4 nitrogen and oxygen atoms in total. The second-order valence-electron chi connectivity index (χ2n) is 7.68. The van der Waals surface area contributed by atoms with E-state index in [0.29, 0.717) is 31.4 Å². The number of hydrogen-bond acceptors (Lipinski definition) is 3. The van der Waals surface area contributed by atoms with Gasteiger partial charge in [0.2, 0.25) is 5.91 Å². The van der Waals surface area contributed by atoms with Gasteiger partial charge in [-0.2, -0.15) is 13.2 Å². The molecular formula is C18H22F3N3O. The maximum Gasteiger partial charge on any atom is 0.416 e. The van der Waals surface area contributed by atoms with E-state index in [2.05, 4.69) is 4.98 Å². The van der Waals surface area contributed by atoms with E-state index < -0.39 is 11.7 Å². The predicted molar refractivity (Wildman–Crippen MR) is 87.1 cm³/mol. The van der Waals surface area contributed by atoms with Gasteiger partial charge in [0.05, 0.1) is 5.56 Å². The van der Waals surface area contributed by atoms with Crippen LogP contribution in [-0.2, 0) is 11.0 Å². The Morgan fingerprint density at radius 2 is 2.00 bits per heavy atom. The zero-order valence-corrected chi connectivity index (χ0v) is 14.1. The van der Waals surface area contributed by atoms with Gasteiger partial charge in [-0.15, -0.1) is 0 Å². The van der Waals surface area contributed by atoms with Crippen molar-refractivity contribution in [2.24, 2.45) is 5.41 Å². The molecule has 1 saturated carbocycles. The van der Waals surface area contributed by atoms with Crippen LogP contribution in [0, 0.1) is 5.41 Å². The van der Waals surface area contributed by atoms with E-state index in [1.807, 2.05) is 9.80 Å². The van der Waals surface area contributed by atoms with Crippen LogP contribution in [-0.4, -0.2) is 41.5 Å². The molecule has 7 heteroatoms. The van der Waals surface area contributed by atoms with Gasteiger partial charge < -0.3 is 9.80 Å².